The maximum atomic E-state index is 11.8. The van der Waals surface area contributed by atoms with Gasteiger partial charge in [-0.15, -0.1) is 0 Å². The van der Waals surface area contributed by atoms with E-state index < -0.39 is 23.7 Å². The van der Waals surface area contributed by atoms with Gasteiger partial charge in [0.15, 0.2) is 6.04 Å². The number of carboxylic acid groups (broad SMARTS) is 1. The van der Waals surface area contributed by atoms with Crippen LogP contribution >= 0.6 is 15.9 Å². The lowest BCUT2D eigenvalue weighted by Gasteiger charge is -2.23. The first-order chi connectivity index (χ1) is 9.64. The highest BCUT2D eigenvalue weighted by Crippen LogP contribution is 2.29. The van der Waals surface area contributed by atoms with Crippen LogP contribution in [0.15, 0.2) is 22.7 Å². The van der Waals surface area contributed by atoms with Crippen molar-refractivity contribution in [3.63, 3.8) is 0 Å². The molecule has 0 aliphatic carbocycles. The largest absolute Gasteiger partial charge is 0.496 e. The molecule has 21 heavy (non-hydrogen) atoms. The number of nitrogens with one attached hydrogen (secondary N) is 1. The molecule has 0 unspecified atom stereocenters. The summed E-state index contributed by atoms with van der Waals surface area (Å²) in [6.07, 6.45) is -0.808. The fraction of sp³-hybridized carbons (Fsp3) is 0.429. The molecule has 0 aliphatic heterocycles. The highest BCUT2D eigenvalue weighted by Gasteiger charge is 2.28. The molecule has 0 spiro atoms. The lowest BCUT2D eigenvalue weighted by atomic mass is 10.1. The number of methoxy groups -OCH3 is 1. The summed E-state index contributed by atoms with van der Waals surface area (Å²) in [6, 6.07) is 3.64. The van der Waals surface area contributed by atoms with Crippen molar-refractivity contribution < 1.29 is 24.2 Å². The van der Waals surface area contributed by atoms with Crippen LogP contribution in [0.3, 0.4) is 0 Å². The van der Waals surface area contributed by atoms with Crippen LogP contribution < -0.4 is 10.1 Å². The Morgan fingerprint density at radius 3 is 2.43 bits per heavy atom. The van der Waals surface area contributed by atoms with Gasteiger partial charge in [0.2, 0.25) is 0 Å². The average molecular weight is 360 g/mol. The van der Waals surface area contributed by atoms with Gasteiger partial charge in [-0.2, -0.15) is 0 Å². The van der Waals surface area contributed by atoms with Crippen molar-refractivity contribution in [1.29, 1.82) is 0 Å². The zero-order valence-electron chi connectivity index (χ0n) is 12.3. The van der Waals surface area contributed by atoms with Crippen molar-refractivity contribution in [3.8, 4) is 5.75 Å². The number of hydrogen-bond acceptors (Lipinski definition) is 4. The number of amides is 1. The van der Waals surface area contributed by atoms with Gasteiger partial charge in [0.25, 0.3) is 0 Å². The first-order valence-electron chi connectivity index (χ1n) is 6.20. The molecule has 2 N–H and O–H groups in total. The first kappa shape index (κ1) is 17.3. The van der Waals surface area contributed by atoms with E-state index in [1.54, 1.807) is 39.0 Å². The summed E-state index contributed by atoms with van der Waals surface area (Å²) in [5, 5.41) is 11.7. The van der Waals surface area contributed by atoms with E-state index in [9.17, 15) is 14.7 Å². The number of rotatable bonds is 4. The average Bonchev–Trinajstić information content (AvgIpc) is 2.33. The van der Waals surface area contributed by atoms with E-state index in [-0.39, 0.29) is 0 Å². The minimum absolute atomic E-state index is 0.324. The molecule has 1 aromatic carbocycles. The van der Waals surface area contributed by atoms with Crippen molar-refractivity contribution in [2.24, 2.45) is 0 Å². The molecule has 0 fully saturated rings. The van der Waals surface area contributed by atoms with Crippen molar-refractivity contribution >= 4 is 28.0 Å². The Morgan fingerprint density at radius 1 is 1.33 bits per heavy atom. The van der Waals surface area contributed by atoms with Crippen LogP contribution in [0.1, 0.15) is 32.4 Å². The summed E-state index contributed by atoms with van der Waals surface area (Å²) in [5.41, 5.74) is -0.390. The summed E-state index contributed by atoms with van der Waals surface area (Å²) in [5.74, 6) is -0.848. The molecule has 0 bridgehead atoms. The minimum Gasteiger partial charge on any atom is -0.496 e. The molecule has 6 nitrogen and oxygen atoms in total. The Kier molecular flexibility index (Phi) is 5.60. The van der Waals surface area contributed by atoms with Crippen molar-refractivity contribution in [2.75, 3.05) is 7.11 Å². The molecule has 0 aromatic heterocycles. The topological polar surface area (TPSA) is 84.9 Å². The van der Waals surface area contributed by atoms with Crippen LogP contribution in [0, 0.1) is 0 Å². The second-order valence-corrected chi connectivity index (χ2v) is 6.22. The third kappa shape index (κ3) is 5.26. The van der Waals surface area contributed by atoms with E-state index in [4.69, 9.17) is 9.47 Å². The summed E-state index contributed by atoms with van der Waals surface area (Å²) in [6.45, 7) is 5.09. The third-order valence-electron chi connectivity index (χ3n) is 2.41. The number of carboxylic acids is 1. The van der Waals surface area contributed by atoms with Gasteiger partial charge in [-0.25, -0.2) is 9.59 Å². The number of carbonyl (C=O) groups excluding carboxylic acids is 1. The molecular weight excluding hydrogens is 342 g/mol. The highest BCUT2D eigenvalue weighted by molar-refractivity contribution is 9.10. The number of alkyl carbamates (subject to hydrolysis) is 1. The Morgan fingerprint density at radius 2 is 1.95 bits per heavy atom. The third-order valence-corrected chi connectivity index (χ3v) is 2.90. The molecule has 1 aromatic rings. The Hall–Kier alpha value is -1.76. The minimum atomic E-state index is -1.27. The number of carbonyl (C=O) groups is 2. The SMILES string of the molecule is COc1ccc(Br)cc1[C@@H](NC(=O)OC(C)(C)C)C(=O)O. The number of benzene rings is 1. The molecule has 0 saturated carbocycles. The predicted molar refractivity (Wildman–Crippen MR) is 80.4 cm³/mol. The number of aliphatic carboxylic acids is 1. The van der Waals surface area contributed by atoms with Crippen LogP contribution in [0.5, 0.6) is 5.75 Å². The molecule has 1 atom stereocenters. The second kappa shape index (κ2) is 6.80. The summed E-state index contributed by atoms with van der Waals surface area (Å²) < 4.78 is 10.9. The van der Waals surface area contributed by atoms with Gasteiger partial charge < -0.3 is 19.9 Å². The maximum Gasteiger partial charge on any atom is 0.408 e. The van der Waals surface area contributed by atoms with Crippen LogP contribution in [0.4, 0.5) is 4.79 Å². The molecule has 1 amide bonds. The summed E-state index contributed by atoms with van der Waals surface area (Å²) >= 11 is 3.27. The zero-order chi connectivity index (χ0) is 16.2. The maximum absolute atomic E-state index is 11.8. The van der Waals surface area contributed by atoms with Crippen molar-refractivity contribution in [3.05, 3.63) is 28.2 Å². The molecular formula is C14H18BrNO5. The fourth-order valence-electron chi connectivity index (χ4n) is 1.63. The number of ether oxygens (including phenoxy) is 2. The zero-order valence-corrected chi connectivity index (χ0v) is 13.9. The lowest BCUT2D eigenvalue weighted by Crippen LogP contribution is -2.38. The lowest BCUT2D eigenvalue weighted by molar-refractivity contribution is -0.139. The highest BCUT2D eigenvalue weighted by atomic mass is 79.9. The van der Waals surface area contributed by atoms with E-state index in [0.29, 0.717) is 15.8 Å². The van der Waals surface area contributed by atoms with Crippen molar-refractivity contribution in [2.45, 2.75) is 32.4 Å². The van der Waals surface area contributed by atoms with E-state index in [0.717, 1.165) is 0 Å². The van der Waals surface area contributed by atoms with E-state index in [2.05, 4.69) is 21.2 Å². The predicted octanol–water partition coefficient (Wildman–Crippen LogP) is 3.11. The fourth-order valence-corrected chi connectivity index (χ4v) is 2.01. The molecule has 0 radical (unpaired) electrons. The number of hydrogen-bond donors (Lipinski definition) is 2. The monoisotopic (exact) mass is 359 g/mol. The standard InChI is InChI=1S/C14H18BrNO5/c1-14(2,3)21-13(19)16-11(12(17)18)9-7-8(15)5-6-10(9)20-4/h5-7,11H,1-4H3,(H,16,19)(H,17,18)/t11-/m1/s1. The van der Waals surface area contributed by atoms with Crippen LogP contribution in [0.25, 0.3) is 0 Å². The quantitative estimate of drug-likeness (QED) is 0.862. The molecule has 1 rings (SSSR count). The van der Waals surface area contributed by atoms with Crippen LogP contribution in [0.2, 0.25) is 0 Å². The van der Waals surface area contributed by atoms with E-state index >= 15 is 0 Å². The van der Waals surface area contributed by atoms with Gasteiger partial charge in [-0.1, -0.05) is 15.9 Å². The molecule has 0 saturated heterocycles. The Labute approximate surface area is 131 Å². The second-order valence-electron chi connectivity index (χ2n) is 5.30. The van der Waals surface area contributed by atoms with Crippen LogP contribution in [-0.2, 0) is 9.53 Å². The van der Waals surface area contributed by atoms with Gasteiger partial charge in [0.1, 0.15) is 11.4 Å². The van der Waals surface area contributed by atoms with Gasteiger partial charge in [0.05, 0.1) is 7.11 Å². The van der Waals surface area contributed by atoms with Gasteiger partial charge >= 0.3 is 12.1 Å². The normalized spacial score (nSPS) is 12.4. The van der Waals surface area contributed by atoms with Gasteiger partial charge in [-0.05, 0) is 39.0 Å². The van der Waals surface area contributed by atoms with Crippen LogP contribution in [-0.4, -0.2) is 29.9 Å². The summed E-state index contributed by atoms with van der Waals surface area (Å²) in [7, 11) is 1.43. The summed E-state index contributed by atoms with van der Waals surface area (Å²) in [4.78, 5) is 23.2. The first-order valence-corrected chi connectivity index (χ1v) is 6.99. The molecule has 0 aliphatic rings. The van der Waals surface area contributed by atoms with E-state index in [1.165, 1.54) is 7.11 Å². The molecule has 0 heterocycles. The Balaban J connectivity index is 3.05. The molecule has 116 valence electrons. The number of halogens is 1. The Bertz CT molecular complexity index is 539. The van der Waals surface area contributed by atoms with Crippen molar-refractivity contribution in [1.82, 2.24) is 5.32 Å². The van der Waals surface area contributed by atoms with Gasteiger partial charge in [0, 0.05) is 10.0 Å². The smallest absolute Gasteiger partial charge is 0.408 e. The molecule has 7 heteroatoms. The van der Waals surface area contributed by atoms with Gasteiger partial charge in [-0.3, -0.25) is 0 Å². The van der Waals surface area contributed by atoms with E-state index in [1.807, 2.05) is 0 Å².